The molecule has 0 saturated carbocycles. The van der Waals surface area contributed by atoms with Gasteiger partial charge in [0.15, 0.2) is 12.2 Å². The van der Waals surface area contributed by atoms with Crippen LogP contribution in [0.15, 0.2) is 0 Å². The van der Waals surface area contributed by atoms with Gasteiger partial charge in [0.1, 0.15) is 19.3 Å². The molecule has 0 spiro atoms. The maximum absolute atomic E-state index is 13.1. The zero-order valence-corrected chi connectivity index (χ0v) is 68.2. The number of phosphoric acid groups is 2. The Morgan fingerprint density at radius 3 is 0.703 bits per heavy atom. The average molecular weight is 1480 g/mol. The van der Waals surface area contributed by atoms with Gasteiger partial charge in [0.2, 0.25) is 0 Å². The van der Waals surface area contributed by atoms with Gasteiger partial charge in [0, 0.05) is 25.7 Å². The molecule has 0 bridgehead atoms. The van der Waals surface area contributed by atoms with Crippen LogP contribution >= 0.6 is 15.6 Å². The maximum atomic E-state index is 13.1. The predicted molar refractivity (Wildman–Crippen MR) is 414 cm³/mol. The third-order valence-corrected chi connectivity index (χ3v) is 22.1. The summed E-state index contributed by atoms with van der Waals surface area (Å²) in [5.41, 5.74) is 0. The largest absolute Gasteiger partial charge is 0.472 e. The quantitative estimate of drug-likeness (QED) is 0.0222. The summed E-state index contributed by atoms with van der Waals surface area (Å²) in [6.45, 7) is 12.0. The normalized spacial score (nSPS) is 14.8. The van der Waals surface area contributed by atoms with Crippen molar-refractivity contribution in [3.05, 3.63) is 0 Å². The van der Waals surface area contributed by atoms with Gasteiger partial charge in [-0.25, -0.2) is 9.13 Å². The standard InChI is InChI=1S/C82H160O17P2/c1-8-12-13-14-15-16-17-18-19-22-26-29-32-35-41-49-56-63-79(84)92-69-77(98-81(86)65-58-51-42-36-33-30-27-24-21-20-23-25-28-31-34-39-46-53-60-73(5)9-2)71-96-100(88,89)94-67-76(83)68-95-101(90,91)97-72-78(70-93-80(85)64-57-50-45-44-48-55-62-75(7)11-4)99-82(87)66-59-52-43-38-37-40-47-54-61-74(6)10-3/h73-78,83H,8-72H2,1-7H3,(H,88,89)(H,90,91)/t73?,74?,75?,76-,77-,78-/m1/s1. The van der Waals surface area contributed by atoms with Crippen LogP contribution < -0.4 is 0 Å². The van der Waals surface area contributed by atoms with E-state index in [0.29, 0.717) is 25.7 Å². The van der Waals surface area contributed by atoms with Crippen molar-refractivity contribution in [2.75, 3.05) is 39.6 Å². The minimum absolute atomic E-state index is 0.104. The smallest absolute Gasteiger partial charge is 0.462 e. The summed E-state index contributed by atoms with van der Waals surface area (Å²) in [6.07, 6.45) is 61.1. The van der Waals surface area contributed by atoms with E-state index in [9.17, 15) is 43.2 Å². The molecule has 3 N–H and O–H groups in total. The minimum atomic E-state index is -4.96. The number of rotatable bonds is 80. The van der Waals surface area contributed by atoms with Gasteiger partial charge in [-0.2, -0.15) is 0 Å². The number of aliphatic hydroxyl groups excluding tert-OH is 1. The summed E-state index contributed by atoms with van der Waals surface area (Å²) in [4.78, 5) is 73.0. The number of hydrogen-bond donors (Lipinski definition) is 3. The van der Waals surface area contributed by atoms with Crippen molar-refractivity contribution in [2.24, 2.45) is 17.8 Å². The SMILES string of the molecule is CCCCCCCCCCCCCCCCCCCC(=O)OC[C@H](COP(=O)(O)OC[C@@H](O)COP(=O)(O)OC[C@@H](COC(=O)CCCCCCCCC(C)CC)OC(=O)CCCCCCCCCCC(C)CC)OC(=O)CCCCCCCCCCCCCCCCCCCCC(C)CC. The highest BCUT2D eigenvalue weighted by Gasteiger charge is 2.30. The topological polar surface area (TPSA) is 237 Å². The fraction of sp³-hybridized carbons (Fsp3) is 0.951. The number of ether oxygens (including phenoxy) is 4. The fourth-order valence-corrected chi connectivity index (χ4v) is 14.1. The molecule has 5 unspecified atom stereocenters. The number of carbonyl (C=O) groups is 4. The van der Waals surface area contributed by atoms with Crippen LogP contribution in [0.25, 0.3) is 0 Å². The van der Waals surface area contributed by atoms with E-state index in [2.05, 4.69) is 48.5 Å². The lowest BCUT2D eigenvalue weighted by Gasteiger charge is -2.21. The Labute approximate surface area is 619 Å². The van der Waals surface area contributed by atoms with E-state index in [1.165, 1.54) is 231 Å². The molecule has 0 heterocycles. The first-order valence-corrected chi connectivity index (χ1v) is 45.5. The van der Waals surface area contributed by atoms with E-state index in [1.54, 1.807) is 0 Å². The molecule has 0 amide bonds. The van der Waals surface area contributed by atoms with Crippen LogP contribution in [0.1, 0.15) is 427 Å². The van der Waals surface area contributed by atoms with Crippen LogP contribution in [-0.4, -0.2) is 96.7 Å². The minimum Gasteiger partial charge on any atom is -0.462 e. The summed E-state index contributed by atoms with van der Waals surface area (Å²) < 4.78 is 68.7. The van der Waals surface area contributed by atoms with Crippen molar-refractivity contribution in [3.8, 4) is 0 Å². The summed E-state index contributed by atoms with van der Waals surface area (Å²) in [7, 11) is -9.92. The summed E-state index contributed by atoms with van der Waals surface area (Å²) in [5.74, 6) is 0.258. The first kappa shape index (κ1) is 99.1. The van der Waals surface area contributed by atoms with Gasteiger partial charge in [-0.05, 0) is 43.4 Å². The van der Waals surface area contributed by atoms with Gasteiger partial charge in [-0.15, -0.1) is 0 Å². The predicted octanol–water partition coefficient (Wildman–Crippen LogP) is 24.5. The number of unbranched alkanes of at least 4 members (excludes halogenated alkanes) is 45. The van der Waals surface area contributed by atoms with E-state index in [1.807, 2.05) is 0 Å². The Bertz CT molecular complexity index is 1960. The van der Waals surface area contributed by atoms with Crippen molar-refractivity contribution >= 4 is 39.5 Å². The van der Waals surface area contributed by atoms with Crippen LogP contribution in [0.5, 0.6) is 0 Å². The van der Waals surface area contributed by atoms with Gasteiger partial charge in [0.25, 0.3) is 0 Å². The van der Waals surface area contributed by atoms with Gasteiger partial charge in [-0.1, -0.05) is 376 Å². The molecule has 0 fully saturated rings. The molecule has 19 heteroatoms. The molecular formula is C82H160O17P2. The lowest BCUT2D eigenvalue weighted by Crippen LogP contribution is -2.30. The van der Waals surface area contributed by atoms with Crippen molar-refractivity contribution in [3.63, 3.8) is 0 Å². The maximum Gasteiger partial charge on any atom is 0.472 e. The molecule has 600 valence electrons. The molecule has 0 saturated heterocycles. The molecule has 0 aromatic heterocycles. The van der Waals surface area contributed by atoms with Crippen LogP contribution in [-0.2, 0) is 65.4 Å². The Kier molecular flexibility index (Phi) is 70.9. The number of carbonyl (C=O) groups excluding carboxylic acids is 4. The monoisotopic (exact) mass is 1480 g/mol. The third kappa shape index (κ3) is 72.1. The molecule has 0 radical (unpaired) electrons. The Morgan fingerprint density at radius 1 is 0.277 bits per heavy atom. The second-order valence-corrected chi connectivity index (χ2v) is 33.1. The average Bonchev–Trinajstić information content (AvgIpc) is 0.926. The number of aliphatic hydroxyl groups is 1. The Hall–Kier alpha value is -1.94. The first-order valence-electron chi connectivity index (χ1n) is 42.5. The van der Waals surface area contributed by atoms with E-state index in [4.69, 9.17) is 37.0 Å². The third-order valence-electron chi connectivity index (χ3n) is 20.2. The van der Waals surface area contributed by atoms with Crippen molar-refractivity contribution in [2.45, 2.75) is 446 Å². The number of hydrogen-bond acceptors (Lipinski definition) is 15. The van der Waals surface area contributed by atoms with E-state index >= 15 is 0 Å². The molecule has 0 aromatic rings. The van der Waals surface area contributed by atoms with Crippen LogP contribution in [0.2, 0.25) is 0 Å². The van der Waals surface area contributed by atoms with Crippen LogP contribution in [0, 0.1) is 17.8 Å². The highest BCUT2D eigenvalue weighted by atomic mass is 31.2. The second kappa shape index (κ2) is 72.3. The summed E-state index contributed by atoms with van der Waals surface area (Å²) in [6, 6.07) is 0. The molecule has 0 rings (SSSR count). The highest BCUT2D eigenvalue weighted by molar-refractivity contribution is 7.47. The number of phosphoric ester groups is 2. The zero-order valence-electron chi connectivity index (χ0n) is 66.4. The summed E-state index contributed by atoms with van der Waals surface area (Å²) >= 11 is 0. The second-order valence-electron chi connectivity index (χ2n) is 30.2. The van der Waals surface area contributed by atoms with Gasteiger partial charge in [0.05, 0.1) is 26.4 Å². The van der Waals surface area contributed by atoms with Crippen molar-refractivity contribution in [1.29, 1.82) is 0 Å². The van der Waals surface area contributed by atoms with Crippen LogP contribution in [0.3, 0.4) is 0 Å². The zero-order chi connectivity index (χ0) is 74.4. The summed E-state index contributed by atoms with van der Waals surface area (Å²) in [5, 5.41) is 10.6. The number of esters is 4. The van der Waals surface area contributed by atoms with Crippen molar-refractivity contribution in [1.82, 2.24) is 0 Å². The molecule has 0 aliphatic rings. The lowest BCUT2D eigenvalue weighted by molar-refractivity contribution is -0.161. The molecule has 0 aliphatic carbocycles. The molecular weight excluding hydrogens is 1320 g/mol. The van der Waals surface area contributed by atoms with Crippen LogP contribution in [0.4, 0.5) is 0 Å². The molecule has 17 nitrogen and oxygen atoms in total. The molecule has 0 aliphatic heterocycles. The lowest BCUT2D eigenvalue weighted by atomic mass is 9.99. The van der Waals surface area contributed by atoms with Gasteiger partial charge < -0.3 is 33.8 Å². The Morgan fingerprint density at radius 2 is 0.475 bits per heavy atom. The first-order chi connectivity index (χ1) is 48.8. The van der Waals surface area contributed by atoms with Gasteiger partial charge >= 0.3 is 39.5 Å². The van der Waals surface area contributed by atoms with Crippen molar-refractivity contribution < 1.29 is 80.2 Å². The van der Waals surface area contributed by atoms with Gasteiger partial charge in [-0.3, -0.25) is 37.3 Å². The van der Waals surface area contributed by atoms with E-state index < -0.39 is 97.5 Å². The Balaban J connectivity index is 5.22. The highest BCUT2D eigenvalue weighted by Crippen LogP contribution is 2.45. The molecule has 0 aromatic carbocycles. The van der Waals surface area contributed by atoms with E-state index in [0.717, 1.165) is 114 Å². The molecule has 8 atom stereocenters. The van der Waals surface area contributed by atoms with E-state index in [-0.39, 0.29) is 25.7 Å². The molecule has 101 heavy (non-hydrogen) atoms. The fourth-order valence-electron chi connectivity index (χ4n) is 12.6.